The molecule has 0 radical (unpaired) electrons. The van der Waals surface area contributed by atoms with E-state index in [9.17, 15) is 22.8 Å². The average molecular weight is 410 g/mol. The van der Waals surface area contributed by atoms with Crippen molar-refractivity contribution in [2.24, 2.45) is 0 Å². The molecule has 27 heavy (non-hydrogen) atoms. The van der Waals surface area contributed by atoms with Gasteiger partial charge in [-0.05, 0) is 24.3 Å². The third-order valence-electron chi connectivity index (χ3n) is 3.34. The van der Waals surface area contributed by atoms with Crippen molar-refractivity contribution in [2.45, 2.75) is 4.90 Å². The van der Waals surface area contributed by atoms with Crippen molar-refractivity contribution in [1.29, 1.82) is 5.26 Å². The number of carbonyl (C=O) groups is 3. The molecule has 3 amide bonds. The molecule has 1 aliphatic heterocycles. The maximum Gasteiger partial charge on any atom is 0.294 e. The van der Waals surface area contributed by atoms with Gasteiger partial charge in [-0.15, -0.1) is 0 Å². The van der Waals surface area contributed by atoms with Gasteiger partial charge in [-0.3, -0.25) is 23.8 Å². The standard InChI is InChI=1S/C15H14N4O6S2/c16-7-10(8-17-5-6-19-13(20)9-26-15(19)22)14(21)18-11-1-3-12(4-2-11)27(23,24)25/h1-4,8,17H,5-6,9H2,(H,18,21)(H,23,24,25)/b10-8-. The third kappa shape index (κ3) is 5.55. The van der Waals surface area contributed by atoms with E-state index in [2.05, 4.69) is 10.6 Å². The molecule has 10 nitrogen and oxygen atoms in total. The molecule has 12 heteroatoms. The molecule has 0 atom stereocenters. The Balaban J connectivity index is 1.91. The number of nitriles is 1. The van der Waals surface area contributed by atoms with Crippen LogP contribution in [0.4, 0.5) is 10.5 Å². The number of nitrogens with one attached hydrogen (secondary N) is 2. The van der Waals surface area contributed by atoms with Gasteiger partial charge in [0.15, 0.2) is 0 Å². The highest BCUT2D eigenvalue weighted by molar-refractivity contribution is 8.14. The zero-order valence-electron chi connectivity index (χ0n) is 13.7. The number of thioether (sulfide) groups is 1. The van der Waals surface area contributed by atoms with Gasteiger partial charge in [0, 0.05) is 25.0 Å². The molecule has 1 fully saturated rings. The lowest BCUT2D eigenvalue weighted by atomic mass is 10.2. The molecule has 3 N–H and O–H groups in total. The van der Waals surface area contributed by atoms with Crippen molar-refractivity contribution in [3.63, 3.8) is 0 Å². The SMILES string of the molecule is N#C/C(=C/NCCN1C(=O)CSC1=O)C(=O)Nc1ccc(S(=O)(=O)O)cc1. The molecule has 142 valence electrons. The van der Waals surface area contributed by atoms with Gasteiger partial charge in [-0.2, -0.15) is 13.7 Å². The zero-order chi connectivity index (χ0) is 20.0. The number of hydrogen-bond donors (Lipinski definition) is 3. The van der Waals surface area contributed by atoms with Crippen LogP contribution in [0.1, 0.15) is 0 Å². The van der Waals surface area contributed by atoms with Gasteiger partial charge in [-0.25, -0.2) is 0 Å². The summed E-state index contributed by atoms with van der Waals surface area (Å²) in [5.74, 6) is -0.924. The summed E-state index contributed by atoms with van der Waals surface area (Å²) in [5, 5.41) is 13.8. The van der Waals surface area contributed by atoms with Gasteiger partial charge in [-0.1, -0.05) is 11.8 Å². The minimum atomic E-state index is -4.34. The molecule has 0 aliphatic carbocycles. The van der Waals surface area contributed by atoms with Crippen LogP contribution >= 0.6 is 11.8 Å². The van der Waals surface area contributed by atoms with E-state index < -0.39 is 16.0 Å². The lowest BCUT2D eigenvalue weighted by Gasteiger charge is -2.12. The monoisotopic (exact) mass is 410 g/mol. The van der Waals surface area contributed by atoms with Gasteiger partial charge < -0.3 is 10.6 Å². The lowest BCUT2D eigenvalue weighted by molar-refractivity contribution is -0.124. The third-order valence-corrected chi connectivity index (χ3v) is 5.07. The molecule has 0 bridgehead atoms. The van der Waals surface area contributed by atoms with E-state index in [-0.39, 0.29) is 46.1 Å². The maximum atomic E-state index is 12.0. The minimum Gasteiger partial charge on any atom is -0.388 e. The van der Waals surface area contributed by atoms with Crippen molar-refractivity contribution in [3.05, 3.63) is 36.0 Å². The first-order valence-electron chi connectivity index (χ1n) is 7.42. The number of imide groups is 1. The van der Waals surface area contributed by atoms with Gasteiger partial charge in [0.05, 0.1) is 10.6 Å². The second-order valence-corrected chi connectivity index (χ2v) is 7.53. The van der Waals surface area contributed by atoms with Crippen LogP contribution in [0, 0.1) is 11.3 Å². The highest BCUT2D eigenvalue weighted by Gasteiger charge is 2.28. The number of anilines is 1. The summed E-state index contributed by atoms with van der Waals surface area (Å²) in [5.41, 5.74) is -0.0406. The van der Waals surface area contributed by atoms with Crippen LogP contribution in [-0.4, -0.2) is 53.8 Å². The molecule has 1 saturated heterocycles. The first-order chi connectivity index (χ1) is 12.7. The van der Waals surface area contributed by atoms with E-state index >= 15 is 0 Å². The Kier molecular flexibility index (Phi) is 6.56. The number of amides is 3. The van der Waals surface area contributed by atoms with Crippen LogP contribution in [0.2, 0.25) is 0 Å². The Labute approximate surface area is 159 Å². The normalized spacial score (nSPS) is 14.8. The van der Waals surface area contributed by atoms with Crippen LogP contribution in [0.5, 0.6) is 0 Å². The fraction of sp³-hybridized carbons (Fsp3) is 0.200. The Bertz CT molecular complexity index is 918. The largest absolute Gasteiger partial charge is 0.388 e. The molecule has 0 saturated carbocycles. The summed E-state index contributed by atoms with van der Waals surface area (Å²) in [7, 11) is -4.34. The van der Waals surface area contributed by atoms with Crippen molar-refractivity contribution in [1.82, 2.24) is 10.2 Å². The van der Waals surface area contributed by atoms with Crippen LogP contribution in [0.25, 0.3) is 0 Å². The van der Waals surface area contributed by atoms with E-state index in [1.54, 1.807) is 6.07 Å². The zero-order valence-corrected chi connectivity index (χ0v) is 15.3. The number of rotatable bonds is 7. The van der Waals surface area contributed by atoms with Crippen LogP contribution in [0.15, 0.2) is 40.9 Å². The first-order valence-corrected chi connectivity index (χ1v) is 9.84. The van der Waals surface area contributed by atoms with E-state index in [1.807, 2.05) is 0 Å². The second-order valence-electron chi connectivity index (χ2n) is 5.18. The van der Waals surface area contributed by atoms with Crippen molar-refractivity contribution >= 4 is 44.6 Å². The molecule has 0 aromatic heterocycles. The Hall–Kier alpha value is -2.88. The fourth-order valence-corrected chi connectivity index (χ4v) is 3.24. The average Bonchev–Trinajstić information content (AvgIpc) is 2.93. The smallest absolute Gasteiger partial charge is 0.294 e. The number of carbonyl (C=O) groups excluding carboxylic acids is 3. The molecule has 2 rings (SSSR count). The maximum absolute atomic E-state index is 12.0. The van der Waals surface area contributed by atoms with Crippen LogP contribution in [0.3, 0.4) is 0 Å². The Morgan fingerprint density at radius 2 is 2.00 bits per heavy atom. The van der Waals surface area contributed by atoms with Crippen molar-refractivity contribution in [3.8, 4) is 6.07 Å². The number of hydrogen-bond acceptors (Lipinski definition) is 8. The van der Waals surface area contributed by atoms with Crippen LogP contribution < -0.4 is 10.6 Å². The second kappa shape index (κ2) is 8.67. The molecule has 1 aliphatic rings. The predicted molar refractivity (Wildman–Crippen MR) is 96.2 cm³/mol. The quantitative estimate of drug-likeness (QED) is 0.253. The molecule has 1 aromatic carbocycles. The van der Waals surface area contributed by atoms with Crippen molar-refractivity contribution < 1.29 is 27.4 Å². The van der Waals surface area contributed by atoms with Crippen molar-refractivity contribution in [2.75, 3.05) is 24.2 Å². The first kappa shape index (κ1) is 20.4. The molecule has 1 heterocycles. The molecule has 0 spiro atoms. The van der Waals surface area contributed by atoms with Gasteiger partial charge in [0.2, 0.25) is 5.91 Å². The molecular formula is C15H14N4O6S2. The Morgan fingerprint density at radius 1 is 1.33 bits per heavy atom. The minimum absolute atomic E-state index is 0.108. The summed E-state index contributed by atoms with van der Waals surface area (Å²) < 4.78 is 30.8. The summed E-state index contributed by atoms with van der Waals surface area (Å²) >= 11 is 0.915. The highest BCUT2D eigenvalue weighted by Crippen LogP contribution is 2.17. The lowest BCUT2D eigenvalue weighted by Crippen LogP contribution is -2.34. The number of benzene rings is 1. The summed E-state index contributed by atoms with van der Waals surface area (Å²) in [4.78, 5) is 35.7. The molecule has 0 unspecified atom stereocenters. The van der Waals surface area contributed by atoms with E-state index in [0.29, 0.717) is 0 Å². The topological polar surface area (TPSA) is 157 Å². The van der Waals surface area contributed by atoms with Gasteiger partial charge in [0.1, 0.15) is 11.6 Å². The van der Waals surface area contributed by atoms with E-state index in [0.717, 1.165) is 35.0 Å². The van der Waals surface area contributed by atoms with E-state index in [1.165, 1.54) is 12.1 Å². The summed E-state index contributed by atoms with van der Waals surface area (Å²) in [6.45, 7) is 0.276. The van der Waals surface area contributed by atoms with E-state index in [4.69, 9.17) is 9.81 Å². The Morgan fingerprint density at radius 3 is 2.52 bits per heavy atom. The molecular weight excluding hydrogens is 396 g/mol. The van der Waals surface area contributed by atoms with Gasteiger partial charge in [0.25, 0.3) is 21.3 Å². The molecule has 1 aromatic rings. The number of nitrogens with zero attached hydrogens (tertiary/aromatic N) is 2. The van der Waals surface area contributed by atoms with Gasteiger partial charge >= 0.3 is 0 Å². The summed E-state index contributed by atoms with van der Waals surface area (Å²) in [6, 6.07) is 6.41. The fourth-order valence-electron chi connectivity index (χ4n) is 2.00. The van der Waals surface area contributed by atoms with Crippen LogP contribution in [-0.2, 0) is 19.7 Å². The highest BCUT2D eigenvalue weighted by atomic mass is 32.2. The predicted octanol–water partition coefficient (Wildman–Crippen LogP) is 0.564. The summed E-state index contributed by atoms with van der Waals surface area (Å²) in [6.07, 6.45) is 1.15.